The summed E-state index contributed by atoms with van der Waals surface area (Å²) in [7, 11) is 0. The van der Waals surface area contributed by atoms with E-state index in [4.69, 9.17) is 4.74 Å². The molecule has 0 spiro atoms. The SMILES string of the molecule is FC(F)(F)CCCCCCCCCCC1CO1. The van der Waals surface area contributed by atoms with E-state index in [-0.39, 0.29) is 0 Å². The molecule has 0 bridgehead atoms. The molecule has 17 heavy (non-hydrogen) atoms. The number of alkyl halides is 3. The number of ether oxygens (including phenoxy) is 1. The van der Waals surface area contributed by atoms with Gasteiger partial charge in [0.25, 0.3) is 0 Å². The summed E-state index contributed by atoms with van der Waals surface area (Å²) < 4.78 is 40.6. The van der Waals surface area contributed by atoms with Crippen molar-refractivity contribution in [1.82, 2.24) is 0 Å². The van der Waals surface area contributed by atoms with Crippen LogP contribution < -0.4 is 0 Å². The topological polar surface area (TPSA) is 12.5 Å². The molecule has 0 aromatic rings. The fourth-order valence-electron chi connectivity index (χ4n) is 1.99. The minimum Gasteiger partial charge on any atom is -0.373 e. The Kier molecular flexibility index (Phi) is 6.93. The monoisotopic (exact) mass is 252 g/mol. The Morgan fingerprint density at radius 2 is 1.29 bits per heavy atom. The molecule has 0 saturated carbocycles. The normalized spacial score (nSPS) is 19.6. The highest BCUT2D eigenvalue weighted by atomic mass is 19.4. The maximum Gasteiger partial charge on any atom is 0.389 e. The van der Waals surface area contributed by atoms with Crippen LogP contribution in [0.2, 0.25) is 0 Å². The van der Waals surface area contributed by atoms with Crippen molar-refractivity contribution in [3.63, 3.8) is 0 Å². The largest absolute Gasteiger partial charge is 0.389 e. The Morgan fingerprint density at radius 3 is 1.76 bits per heavy atom. The van der Waals surface area contributed by atoms with Crippen LogP contribution in [0.5, 0.6) is 0 Å². The summed E-state index contributed by atoms with van der Waals surface area (Å²) in [6.45, 7) is 0.944. The Labute approximate surface area is 102 Å². The smallest absolute Gasteiger partial charge is 0.373 e. The Morgan fingerprint density at radius 1 is 0.824 bits per heavy atom. The fraction of sp³-hybridized carbons (Fsp3) is 1.00. The van der Waals surface area contributed by atoms with Gasteiger partial charge in [0.2, 0.25) is 0 Å². The van der Waals surface area contributed by atoms with E-state index >= 15 is 0 Å². The van der Waals surface area contributed by atoms with E-state index in [0.29, 0.717) is 12.5 Å². The summed E-state index contributed by atoms with van der Waals surface area (Å²) in [5, 5.41) is 0. The second-order valence-corrected chi connectivity index (χ2v) is 4.94. The van der Waals surface area contributed by atoms with Crippen LogP contribution in [0.1, 0.15) is 64.2 Å². The van der Waals surface area contributed by atoms with E-state index in [9.17, 15) is 13.2 Å². The van der Waals surface area contributed by atoms with Gasteiger partial charge in [0.05, 0.1) is 12.7 Å². The molecule has 1 nitrogen and oxygen atoms in total. The van der Waals surface area contributed by atoms with Gasteiger partial charge in [-0.15, -0.1) is 0 Å². The summed E-state index contributed by atoms with van der Waals surface area (Å²) in [6, 6.07) is 0. The number of unbranched alkanes of at least 4 members (excludes halogenated alkanes) is 7. The zero-order chi connectivity index (χ0) is 12.6. The van der Waals surface area contributed by atoms with Crippen LogP contribution >= 0.6 is 0 Å². The Bertz CT molecular complexity index is 188. The second kappa shape index (κ2) is 7.96. The van der Waals surface area contributed by atoms with Gasteiger partial charge in [0, 0.05) is 6.42 Å². The molecule has 0 amide bonds. The molecule has 0 aromatic carbocycles. The molecule has 1 fully saturated rings. The summed E-state index contributed by atoms with van der Waals surface area (Å²) >= 11 is 0. The van der Waals surface area contributed by atoms with Crippen LogP contribution in [0.25, 0.3) is 0 Å². The van der Waals surface area contributed by atoms with Crippen molar-refractivity contribution in [2.75, 3.05) is 6.61 Å². The lowest BCUT2D eigenvalue weighted by molar-refractivity contribution is -0.135. The van der Waals surface area contributed by atoms with Crippen molar-refractivity contribution in [3.05, 3.63) is 0 Å². The lowest BCUT2D eigenvalue weighted by Crippen LogP contribution is -2.06. The quantitative estimate of drug-likeness (QED) is 0.400. The number of hydrogen-bond acceptors (Lipinski definition) is 1. The van der Waals surface area contributed by atoms with Gasteiger partial charge >= 0.3 is 6.18 Å². The number of halogens is 3. The summed E-state index contributed by atoms with van der Waals surface area (Å²) in [6.07, 6.45) is 5.03. The average Bonchev–Trinajstić information content (AvgIpc) is 3.03. The van der Waals surface area contributed by atoms with Gasteiger partial charge in [0.15, 0.2) is 0 Å². The summed E-state index contributed by atoms with van der Waals surface area (Å²) in [5.74, 6) is 0. The predicted octanol–water partition coefficient (Wildman–Crippen LogP) is 4.85. The molecule has 0 aliphatic carbocycles. The van der Waals surface area contributed by atoms with Gasteiger partial charge in [0.1, 0.15) is 0 Å². The first-order valence-electron chi connectivity index (χ1n) is 6.76. The van der Waals surface area contributed by atoms with Crippen molar-refractivity contribution >= 4 is 0 Å². The molecule has 1 unspecified atom stereocenters. The average molecular weight is 252 g/mol. The third kappa shape index (κ3) is 10.6. The van der Waals surface area contributed by atoms with Crippen LogP contribution in [0.3, 0.4) is 0 Å². The molecule has 0 radical (unpaired) electrons. The molecular weight excluding hydrogens is 229 g/mol. The molecule has 4 heteroatoms. The summed E-state index contributed by atoms with van der Waals surface area (Å²) in [4.78, 5) is 0. The molecule has 0 N–H and O–H groups in total. The number of epoxide rings is 1. The van der Waals surface area contributed by atoms with E-state index in [0.717, 1.165) is 32.3 Å². The molecule has 1 aliphatic heterocycles. The lowest BCUT2D eigenvalue weighted by atomic mass is 10.1. The van der Waals surface area contributed by atoms with Gasteiger partial charge in [-0.2, -0.15) is 13.2 Å². The molecule has 1 aliphatic rings. The zero-order valence-electron chi connectivity index (χ0n) is 10.4. The van der Waals surface area contributed by atoms with Crippen molar-refractivity contribution in [2.45, 2.75) is 76.5 Å². The van der Waals surface area contributed by atoms with Crippen molar-refractivity contribution in [3.8, 4) is 0 Å². The lowest BCUT2D eigenvalue weighted by Gasteiger charge is -2.05. The molecule has 0 aromatic heterocycles. The highest BCUT2D eigenvalue weighted by Gasteiger charge is 2.25. The maximum absolute atomic E-state index is 11.8. The highest BCUT2D eigenvalue weighted by molar-refractivity contribution is 4.68. The molecule has 1 saturated heterocycles. The minimum atomic E-state index is -3.97. The molecule has 1 rings (SSSR count). The van der Waals surface area contributed by atoms with Crippen LogP contribution in [0, 0.1) is 0 Å². The Hall–Kier alpha value is -0.250. The van der Waals surface area contributed by atoms with E-state index < -0.39 is 12.6 Å². The van der Waals surface area contributed by atoms with Crippen LogP contribution in [0.15, 0.2) is 0 Å². The zero-order valence-corrected chi connectivity index (χ0v) is 10.4. The van der Waals surface area contributed by atoms with Gasteiger partial charge in [-0.1, -0.05) is 44.9 Å². The first-order valence-corrected chi connectivity index (χ1v) is 6.76. The first kappa shape index (κ1) is 14.8. The highest BCUT2D eigenvalue weighted by Crippen LogP contribution is 2.23. The van der Waals surface area contributed by atoms with Crippen molar-refractivity contribution in [1.29, 1.82) is 0 Å². The standard InChI is InChI=1S/C13H23F3O/c14-13(15,16)10-8-6-4-2-1-3-5-7-9-12-11-17-12/h12H,1-11H2. The van der Waals surface area contributed by atoms with Crippen LogP contribution in [0.4, 0.5) is 13.2 Å². The predicted molar refractivity (Wildman–Crippen MR) is 62.0 cm³/mol. The van der Waals surface area contributed by atoms with Gasteiger partial charge in [-0.05, 0) is 12.8 Å². The van der Waals surface area contributed by atoms with Crippen molar-refractivity contribution < 1.29 is 17.9 Å². The fourth-order valence-corrected chi connectivity index (χ4v) is 1.99. The number of rotatable bonds is 10. The van der Waals surface area contributed by atoms with Crippen LogP contribution in [-0.2, 0) is 4.74 Å². The number of hydrogen-bond donors (Lipinski definition) is 0. The van der Waals surface area contributed by atoms with E-state index in [1.165, 1.54) is 25.7 Å². The molecular formula is C13H23F3O. The second-order valence-electron chi connectivity index (χ2n) is 4.94. The van der Waals surface area contributed by atoms with E-state index in [2.05, 4.69) is 0 Å². The van der Waals surface area contributed by atoms with E-state index in [1.807, 2.05) is 0 Å². The van der Waals surface area contributed by atoms with Gasteiger partial charge < -0.3 is 4.74 Å². The summed E-state index contributed by atoms with van der Waals surface area (Å²) in [5.41, 5.74) is 0. The third-order valence-corrected chi connectivity index (χ3v) is 3.14. The Balaban J connectivity index is 1.69. The van der Waals surface area contributed by atoms with Gasteiger partial charge in [-0.3, -0.25) is 0 Å². The molecule has 1 heterocycles. The van der Waals surface area contributed by atoms with E-state index in [1.54, 1.807) is 0 Å². The maximum atomic E-state index is 11.8. The van der Waals surface area contributed by atoms with Crippen molar-refractivity contribution in [2.24, 2.45) is 0 Å². The first-order chi connectivity index (χ1) is 8.08. The van der Waals surface area contributed by atoms with Crippen LogP contribution in [-0.4, -0.2) is 18.9 Å². The molecule has 1 atom stereocenters. The minimum absolute atomic E-state index is 0.294. The van der Waals surface area contributed by atoms with Gasteiger partial charge in [-0.25, -0.2) is 0 Å². The molecule has 102 valence electrons. The third-order valence-electron chi connectivity index (χ3n) is 3.14.